The second-order valence-electron chi connectivity index (χ2n) is 12.3. The number of Topliss-reactive ketones (excluding diaryl/α,β-unsaturated/α-hetero) is 1. The minimum atomic E-state index is -1.47. The van der Waals surface area contributed by atoms with Gasteiger partial charge < -0.3 is 0 Å². The largest absolute Gasteiger partial charge is 0.297 e. The summed E-state index contributed by atoms with van der Waals surface area (Å²) >= 11 is 0. The van der Waals surface area contributed by atoms with E-state index >= 15 is 4.79 Å². The van der Waals surface area contributed by atoms with Crippen molar-refractivity contribution in [1.82, 2.24) is 0 Å². The van der Waals surface area contributed by atoms with Crippen molar-refractivity contribution in [2.75, 3.05) is 4.90 Å². The second-order valence-corrected chi connectivity index (χ2v) is 12.3. The van der Waals surface area contributed by atoms with Crippen LogP contribution in [0.5, 0.6) is 0 Å². The number of rotatable bonds is 4. The molecule has 220 valence electrons. The van der Waals surface area contributed by atoms with Crippen LogP contribution in [-0.4, -0.2) is 22.5 Å². The molecule has 46 heavy (non-hydrogen) atoms. The molecule has 0 N–H and O–H groups in total. The summed E-state index contributed by atoms with van der Waals surface area (Å²) in [7, 11) is 0. The number of fused-ring (bicyclic) bond motifs is 13. The molecule has 1 aliphatic heterocycles. The number of benzene rings is 6. The van der Waals surface area contributed by atoms with Crippen molar-refractivity contribution < 1.29 is 19.3 Å². The highest BCUT2D eigenvalue weighted by atomic mass is 16.6. The Morgan fingerprint density at radius 2 is 0.913 bits per heavy atom. The van der Waals surface area contributed by atoms with E-state index in [4.69, 9.17) is 0 Å². The quantitative estimate of drug-likeness (QED) is 0.0952. The molecule has 4 atom stereocenters. The number of hydrogen-bond acceptors (Lipinski definition) is 5. The van der Waals surface area contributed by atoms with Gasteiger partial charge in [-0.1, -0.05) is 109 Å². The standard InChI is InChI=1S/C39H24N2O5/c42-35-33-34(36(43)40(35)25-19-21-26(22-20-25)41(45)46)39(24-13-5-2-6-14-24)32-30-18-10-8-16-28(30)27-15-7-9-17-29(27)31(32)38(33,37(39)44)23-11-3-1-4-12-23/h1-22,33-34H/t33-,34+,38+,39-. The van der Waals surface area contributed by atoms with Crippen LogP contribution in [0.2, 0.25) is 0 Å². The van der Waals surface area contributed by atoms with Crippen LogP contribution in [0.15, 0.2) is 133 Å². The molecule has 6 aromatic carbocycles. The first-order valence-corrected chi connectivity index (χ1v) is 15.2. The lowest BCUT2D eigenvalue weighted by molar-refractivity contribution is -0.384. The number of amides is 2. The topological polar surface area (TPSA) is 97.6 Å². The van der Waals surface area contributed by atoms with Gasteiger partial charge in [0.2, 0.25) is 11.8 Å². The third-order valence-corrected chi connectivity index (χ3v) is 10.5. The third kappa shape index (κ3) is 2.91. The number of nitrogens with zero attached hydrogens (tertiary/aromatic N) is 2. The zero-order valence-electron chi connectivity index (χ0n) is 24.3. The SMILES string of the molecule is O=C1[C@@H]2[C@H](C(=O)N1c1ccc([N+](=O)[O-])cc1)[C@@]1(c3ccccc3)C(=O)[C@]2(c2ccccc2)c2c1c1ccccc1c1ccccc21. The lowest BCUT2D eigenvalue weighted by Crippen LogP contribution is -2.45. The van der Waals surface area contributed by atoms with Gasteiger partial charge in [-0.2, -0.15) is 0 Å². The van der Waals surface area contributed by atoms with Gasteiger partial charge in [0.15, 0.2) is 5.78 Å². The fourth-order valence-electron chi connectivity index (χ4n) is 8.92. The summed E-state index contributed by atoms with van der Waals surface area (Å²) in [5.74, 6) is -3.22. The molecule has 0 radical (unpaired) electrons. The maximum absolute atomic E-state index is 15.8. The average Bonchev–Trinajstić information content (AvgIpc) is 3.61. The average molecular weight is 601 g/mol. The lowest BCUT2D eigenvalue weighted by atomic mass is 9.59. The predicted molar refractivity (Wildman–Crippen MR) is 173 cm³/mol. The molecule has 0 spiro atoms. The van der Waals surface area contributed by atoms with E-state index in [0.29, 0.717) is 11.1 Å². The first-order valence-electron chi connectivity index (χ1n) is 15.2. The molecule has 6 aromatic rings. The number of imide groups is 1. The van der Waals surface area contributed by atoms with Crippen molar-refractivity contribution >= 4 is 50.5 Å². The summed E-state index contributed by atoms with van der Waals surface area (Å²) in [6.07, 6.45) is 0. The summed E-state index contributed by atoms with van der Waals surface area (Å²) in [6, 6.07) is 40.2. The molecule has 0 unspecified atom stereocenters. The van der Waals surface area contributed by atoms with Gasteiger partial charge >= 0.3 is 0 Å². The molecular weight excluding hydrogens is 576 g/mol. The number of anilines is 1. The Morgan fingerprint density at radius 1 is 0.522 bits per heavy atom. The molecule has 1 heterocycles. The molecule has 7 heteroatoms. The number of ketones is 1. The zero-order valence-corrected chi connectivity index (χ0v) is 24.3. The van der Waals surface area contributed by atoms with Gasteiger partial charge in [0.1, 0.15) is 0 Å². The Labute approximate surface area is 262 Å². The van der Waals surface area contributed by atoms with Crippen LogP contribution >= 0.6 is 0 Å². The smallest absolute Gasteiger partial charge is 0.269 e. The van der Waals surface area contributed by atoms with Crippen LogP contribution in [0, 0.1) is 22.0 Å². The van der Waals surface area contributed by atoms with Crippen molar-refractivity contribution in [3.63, 3.8) is 0 Å². The van der Waals surface area contributed by atoms with Gasteiger partial charge in [-0.05, 0) is 55.9 Å². The molecule has 3 aliphatic rings. The number of hydrogen-bond donors (Lipinski definition) is 0. The van der Waals surface area contributed by atoms with Crippen LogP contribution in [-0.2, 0) is 25.2 Å². The van der Waals surface area contributed by atoms with Crippen LogP contribution in [0.25, 0.3) is 21.5 Å². The van der Waals surface area contributed by atoms with Crippen LogP contribution in [0.1, 0.15) is 22.3 Å². The fraction of sp³-hybridized carbons (Fsp3) is 0.103. The summed E-state index contributed by atoms with van der Waals surface area (Å²) < 4.78 is 0. The van der Waals surface area contributed by atoms with E-state index in [-0.39, 0.29) is 17.2 Å². The normalized spacial score (nSPS) is 24.5. The molecule has 7 nitrogen and oxygen atoms in total. The zero-order chi connectivity index (χ0) is 31.4. The summed E-state index contributed by atoms with van der Waals surface area (Å²) in [5.41, 5.74) is 0.0330. The van der Waals surface area contributed by atoms with E-state index in [9.17, 15) is 19.7 Å². The van der Waals surface area contributed by atoms with Crippen LogP contribution in [0.4, 0.5) is 11.4 Å². The van der Waals surface area contributed by atoms with Gasteiger partial charge in [0.25, 0.3) is 5.69 Å². The number of carbonyl (C=O) groups is 3. The molecule has 1 saturated heterocycles. The monoisotopic (exact) mass is 600 g/mol. The fourth-order valence-corrected chi connectivity index (χ4v) is 8.92. The van der Waals surface area contributed by atoms with Crippen LogP contribution < -0.4 is 4.90 Å². The van der Waals surface area contributed by atoms with E-state index in [0.717, 1.165) is 37.6 Å². The molecular formula is C39H24N2O5. The van der Waals surface area contributed by atoms with Crippen molar-refractivity contribution in [3.8, 4) is 0 Å². The van der Waals surface area contributed by atoms with Crippen LogP contribution in [0.3, 0.4) is 0 Å². The Bertz CT molecular complexity index is 2180. The first kappa shape index (κ1) is 26.5. The molecule has 9 rings (SSSR count). The van der Waals surface area contributed by atoms with E-state index in [1.54, 1.807) is 0 Å². The second kappa shape index (κ2) is 9.05. The number of nitro benzene ring substituents is 1. The van der Waals surface area contributed by atoms with Crippen molar-refractivity contribution in [2.45, 2.75) is 10.8 Å². The Kier molecular flexibility index (Phi) is 5.20. The Morgan fingerprint density at radius 3 is 1.33 bits per heavy atom. The number of non-ortho nitro benzene ring substituents is 1. The molecule has 2 bridgehead atoms. The van der Waals surface area contributed by atoms with Gasteiger partial charge in [0, 0.05) is 12.1 Å². The summed E-state index contributed by atoms with van der Waals surface area (Å²) in [5, 5.41) is 15.1. The predicted octanol–water partition coefficient (Wildman–Crippen LogP) is 6.88. The van der Waals surface area contributed by atoms with Gasteiger partial charge in [-0.25, -0.2) is 4.90 Å². The van der Waals surface area contributed by atoms with E-state index in [2.05, 4.69) is 0 Å². The van der Waals surface area contributed by atoms with Gasteiger partial charge in [-0.3, -0.25) is 24.5 Å². The molecule has 2 amide bonds. The van der Waals surface area contributed by atoms with Crippen molar-refractivity contribution in [3.05, 3.63) is 166 Å². The minimum Gasteiger partial charge on any atom is -0.297 e. The third-order valence-electron chi connectivity index (χ3n) is 10.5. The Hall–Kier alpha value is -5.95. The maximum Gasteiger partial charge on any atom is 0.269 e. The molecule has 0 aromatic heterocycles. The lowest BCUT2D eigenvalue weighted by Gasteiger charge is -2.38. The molecule has 2 aliphatic carbocycles. The first-order chi connectivity index (χ1) is 22.4. The number of nitro groups is 1. The molecule has 2 fully saturated rings. The Balaban J connectivity index is 1.47. The van der Waals surface area contributed by atoms with Crippen molar-refractivity contribution in [2.24, 2.45) is 11.8 Å². The van der Waals surface area contributed by atoms with Gasteiger partial charge in [-0.15, -0.1) is 0 Å². The van der Waals surface area contributed by atoms with Gasteiger partial charge in [0.05, 0.1) is 33.3 Å². The highest BCUT2D eigenvalue weighted by Gasteiger charge is 2.82. The highest BCUT2D eigenvalue weighted by molar-refractivity contribution is 6.34. The minimum absolute atomic E-state index is 0.148. The summed E-state index contributed by atoms with van der Waals surface area (Å²) in [4.78, 5) is 57.7. The van der Waals surface area contributed by atoms with Crippen molar-refractivity contribution in [1.29, 1.82) is 0 Å². The highest BCUT2D eigenvalue weighted by Crippen LogP contribution is 2.72. The summed E-state index contributed by atoms with van der Waals surface area (Å²) in [6.45, 7) is 0. The van der Waals surface area contributed by atoms with E-state index in [1.807, 2.05) is 109 Å². The molecule has 1 saturated carbocycles. The maximum atomic E-state index is 15.8. The van der Waals surface area contributed by atoms with E-state index < -0.39 is 39.4 Å². The number of carbonyl (C=O) groups excluding carboxylic acids is 3. The van der Waals surface area contributed by atoms with E-state index in [1.165, 1.54) is 24.3 Å².